The Labute approximate surface area is 115 Å². The molecule has 0 unspecified atom stereocenters. The van der Waals surface area contributed by atoms with Gasteiger partial charge in [-0.25, -0.2) is 4.39 Å². The molecular formula is C16H23FN2. The molecule has 2 aliphatic rings. The molecule has 0 bridgehead atoms. The normalized spacial score (nSPS) is 20.4. The van der Waals surface area contributed by atoms with Crippen molar-refractivity contribution in [2.75, 3.05) is 18.0 Å². The van der Waals surface area contributed by atoms with Crippen molar-refractivity contribution in [2.24, 2.45) is 0 Å². The molecule has 3 rings (SSSR count). The van der Waals surface area contributed by atoms with Crippen LogP contribution in [0.25, 0.3) is 0 Å². The van der Waals surface area contributed by atoms with Crippen LogP contribution in [0.3, 0.4) is 0 Å². The van der Waals surface area contributed by atoms with Gasteiger partial charge in [0, 0.05) is 25.7 Å². The van der Waals surface area contributed by atoms with Gasteiger partial charge in [-0.05, 0) is 37.3 Å². The third-order valence-corrected chi connectivity index (χ3v) is 4.15. The SMILES string of the molecule is Fc1cccc(CNC2CC2)c1N1CCCCCC1. The molecule has 1 saturated carbocycles. The predicted octanol–water partition coefficient (Wildman–Crippen LogP) is 3.46. The maximum Gasteiger partial charge on any atom is 0.146 e. The van der Waals surface area contributed by atoms with Crippen molar-refractivity contribution in [3.8, 4) is 0 Å². The molecule has 0 radical (unpaired) electrons. The summed E-state index contributed by atoms with van der Waals surface area (Å²) in [5.74, 6) is -0.0583. The molecule has 0 atom stereocenters. The van der Waals surface area contributed by atoms with Crippen LogP contribution in [-0.2, 0) is 6.54 Å². The molecule has 1 heterocycles. The van der Waals surface area contributed by atoms with Crippen LogP contribution in [0.1, 0.15) is 44.1 Å². The van der Waals surface area contributed by atoms with E-state index in [-0.39, 0.29) is 5.82 Å². The van der Waals surface area contributed by atoms with Crippen LogP contribution in [0.4, 0.5) is 10.1 Å². The lowest BCUT2D eigenvalue weighted by Crippen LogP contribution is -2.27. The van der Waals surface area contributed by atoms with E-state index < -0.39 is 0 Å². The highest BCUT2D eigenvalue weighted by molar-refractivity contribution is 5.55. The number of benzene rings is 1. The van der Waals surface area contributed by atoms with E-state index in [9.17, 15) is 4.39 Å². The summed E-state index contributed by atoms with van der Waals surface area (Å²) in [6, 6.07) is 6.17. The fraction of sp³-hybridized carbons (Fsp3) is 0.625. The van der Waals surface area contributed by atoms with Gasteiger partial charge in [0.1, 0.15) is 5.82 Å². The minimum absolute atomic E-state index is 0.0583. The summed E-state index contributed by atoms with van der Waals surface area (Å²) >= 11 is 0. The monoisotopic (exact) mass is 262 g/mol. The quantitative estimate of drug-likeness (QED) is 0.894. The molecule has 0 aromatic heterocycles. The van der Waals surface area contributed by atoms with E-state index in [1.807, 2.05) is 6.07 Å². The first-order valence-electron chi connectivity index (χ1n) is 7.60. The molecule has 2 fully saturated rings. The van der Waals surface area contributed by atoms with Crippen molar-refractivity contribution in [1.82, 2.24) is 5.32 Å². The first kappa shape index (κ1) is 12.9. The average molecular weight is 262 g/mol. The highest BCUT2D eigenvalue weighted by atomic mass is 19.1. The minimum atomic E-state index is -0.0583. The molecule has 1 aliphatic heterocycles. The highest BCUT2D eigenvalue weighted by Gasteiger charge is 2.22. The third-order valence-electron chi connectivity index (χ3n) is 4.15. The van der Waals surface area contributed by atoms with Gasteiger partial charge < -0.3 is 10.2 Å². The predicted molar refractivity (Wildman–Crippen MR) is 76.9 cm³/mol. The van der Waals surface area contributed by atoms with Gasteiger partial charge >= 0.3 is 0 Å². The molecular weight excluding hydrogens is 239 g/mol. The number of para-hydroxylation sites is 1. The van der Waals surface area contributed by atoms with Gasteiger partial charge in [-0.1, -0.05) is 25.0 Å². The largest absolute Gasteiger partial charge is 0.369 e. The van der Waals surface area contributed by atoms with Crippen LogP contribution in [0.5, 0.6) is 0 Å². The fourth-order valence-corrected chi connectivity index (χ4v) is 2.89. The van der Waals surface area contributed by atoms with E-state index in [2.05, 4.69) is 16.3 Å². The minimum Gasteiger partial charge on any atom is -0.369 e. The Hall–Kier alpha value is -1.09. The third kappa shape index (κ3) is 3.27. The summed E-state index contributed by atoms with van der Waals surface area (Å²) in [4.78, 5) is 2.26. The Morgan fingerprint density at radius 3 is 2.53 bits per heavy atom. The summed E-state index contributed by atoms with van der Waals surface area (Å²) in [5.41, 5.74) is 1.96. The van der Waals surface area contributed by atoms with E-state index in [1.54, 1.807) is 6.07 Å². The molecule has 1 aromatic rings. The van der Waals surface area contributed by atoms with E-state index >= 15 is 0 Å². The Morgan fingerprint density at radius 1 is 1.11 bits per heavy atom. The van der Waals surface area contributed by atoms with Gasteiger partial charge in [-0.3, -0.25) is 0 Å². The zero-order valence-corrected chi connectivity index (χ0v) is 11.5. The summed E-state index contributed by atoms with van der Waals surface area (Å²) < 4.78 is 14.2. The molecule has 104 valence electrons. The number of hydrogen-bond donors (Lipinski definition) is 1. The van der Waals surface area contributed by atoms with Gasteiger partial charge in [0.05, 0.1) is 5.69 Å². The first-order chi connectivity index (χ1) is 9.34. The van der Waals surface area contributed by atoms with Crippen LogP contribution < -0.4 is 10.2 Å². The standard InChI is InChI=1S/C16H23FN2/c17-15-7-5-6-13(12-18-14-8-9-14)16(15)19-10-3-1-2-4-11-19/h5-7,14,18H,1-4,8-12H2. The van der Waals surface area contributed by atoms with Gasteiger partial charge in [0.25, 0.3) is 0 Å². The number of nitrogens with one attached hydrogen (secondary N) is 1. The maximum atomic E-state index is 14.2. The molecule has 19 heavy (non-hydrogen) atoms. The van der Waals surface area contributed by atoms with E-state index in [4.69, 9.17) is 0 Å². The highest BCUT2D eigenvalue weighted by Crippen LogP contribution is 2.28. The summed E-state index contributed by atoms with van der Waals surface area (Å²) in [5, 5.41) is 3.50. The Bertz CT molecular complexity index is 421. The second-order valence-corrected chi connectivity index (χ2v) is 5.80. The van der Waals surface area contributed by atoms with Crippen molar-refractivity contribution in [2.45, 2.75) is 51.1 Å². The van der Waals surface area contributed by atoms with E-state index in [0.29, 0.717) is 6.04 Å². The second-order valence-electron chi connectivity index (χ2n) is 5.80. The lowest BCUT2D eigenvalue weighted by atomic mass is 10.1. The Kier molecular flexibility index (Phi) is 4.02. The van der Waals surface area contributed by atoms with Crippen molar-refractivity contribution in [3.05, 3.63) is 29.6 Å². The van der Waals surface area contributed by atoms with E-state index in [0.717, 1.165) is 30.9 Å². The summed E-state index contributed by atoms with van der Waals surface area (Å²) in [6.07, 6.45) is 7.47. The Balaban J connectivity index is 1.79. The zero-order chi connectivity index (χ0) is 13.1. The van der Waals surface area contributed by atoms with Crippen molar-refractivity contribution >= 4 is 5.69 Å². The van der Waals surface area contributed by atoms with E-state index in [1.165, 1.54) is 38.5 Å². The first-order valence-corrected chi connectivity index (χ1v) is 7.60. The van der Waals surface area contributed by atoms with Crippen molar-refractivity contribution in [3.63, 3.8) is 0 Å². The number of hydrogen-bond acceptors (Lipinski definition) is 2. The maximum absolute atomic E-state index is 14.2. The van der Waals surface area contributed by atoms with Crippen molar-refractivity contribution in [1.29, 1.82) is 0 Å². The number of nitrogens with zero attached hydrogens (tertiary/aromatic N) is 1. The molecule has 1 N–H and O–H groups in total. The molecule has 1 aliphatic carbocycles. The molecule has 2 nitrogen and oxygen atoms in total. The van der Waals surface area contributed by atoms with Crippen LogP contribution in [0, 0.1) is 5.82 Å². The Morgan fingerprint density at radius 2 is 1.84 bits per heavy atom. The van der Waals surface area contributed by atoms with Crippen LogP contribution in [0.15, 0.2) is 18.2 Å². The topological polar surface area (TPSA) is 15.3 Å². The lowest BCUT2D eigenvalue weighted by molar-refractivity contribution is 0.607. The molecule has 1 saturated heterocycles. The zero-order valence-electron chi connectivity index (χ0n) is 11.5. The van der Waals surface area contributed by atoms with Gasteiger partial charge in [0.2, 0.25) is 0 Å². The summed E-state index contributed by atoms with van der Waals surface area (Å²) in [6.45, 7) is 2.79. The lowest BCUT2D eigenvalue weighted by Gasteiger charge is -2.26. The van der Waals surface area contributed by atoms with Crippen LogP contribution in [-0.4, -0.2) is 19.1 Å². The smallest absolute Gasteiger partial charge is 0.146 e. The van der Waals surface area contributed by atoms with Crippen molar-refractivity contribution < 1.29 is 4.39 Å². The molecule has 1 aromatic carbocycles. The fourth-order valence-electron chi connectivity index (χ4n) is 2.89. The number of anilines is 1. The molecule has 0 spiro atoms. The second kappa shape index (κ2) is 5.91. The van der Waals surface area contributed by atoms with Crippen LogP contribution in [0.2, 0.25) is 0 Å². The molecule has 3 heteroatoms. The van der Waals surface area contributed by atoms with Gasteiger partial charge in [-0.2, -0.15) is 0 Å². The van der Waals surface area contributed by atoms with Gasteiger partial charge in [0.15, 0.2) is 0 Å². The van der Waals surface area contributed by atoms with Crippen LogP contribution >= 0.6 is 0 Å². The average Bonchev–Trinajstić information content (AvgIpc) is 3.24. The number of halogens is 1. The molecule has 0 amide bonds. The van der Waals surface area contributed by atoms with Gasteiger partial charge in [-0.15, -0.1) is 0 Å². The summed E-state index contributed by atoms with van der Waals surface area (Å²) in [7, 11) is 0. The number of rotatable bonds is 4.